The third-order valence-corrected chi connectivity index (χ3v) is 5.76. The maximum atomic E-state index is 13.0. The molecule has 0 saturated carbocycles. The number of benzene rings is 2. The van der Waals surface area contributed by atoms with Crippen molar-refractivity contribution in [1.82, 2.24) is 4.90 Å². The molecule has 0 aromatic heterocycles. The zero-order valence-corrected chi connectivity index (χ0v) is 16.6. The lowest BCUT2D eigenvalue weighted by Crippen LogP contribution is -2.67. The summed E-state index contributed by atoms with van der Waals surface area (Å²) in [6.45, 7) is 0.111. The molecule has 4 N–H and O–H groups in total. The van der Waals surface area contributed by atoms with E-state index in [9.17, 15) is 19.2 Å². The lowest BCUT2D eigenvalue weighted by molar-refractivity contribution is -0.161. The van der Waals surface area contributed by atoms with Crippen LogP contribution in [0.5, 0.6) is 0 Å². The number of Topliss-reactive ketones (excluding diaryl/α,β-unsaturated/α-hetero) is 1. The minimum absolute atomic E-state index is 0.0735. The van der Waals surface area contributed by atoms with Gasteiger partial charge in [-0.05, 0) is 30.4 Å². The Morgan fingerprint density at radius 3 is 2.03 bits per heavy atom. The quantitative estimate of drug-likeness (QED) is 0.641. The second kappa shape index (κ2) is 8.90. The summed E-state index contributed by atoms with van der Waals surface area (Å²) in [6.07, 6.45) is 0.899. The number of nitrogens with two attached hydrogens (primary N) is 2. The van der Waals surface area contributed by atoms with Gasteiger partial charge < -0.3 is 16.4 Å². The van der Waals surface area contributed by atoms with Crippen molar-refractivity contribution in [2.75, 3.05) is 0 Å². The molecule has 2 unspecified atom stereocenters. The summed E-state index contributed by atoms with van der Waals surface area (Å²) in [7, 11) is 0. The van der Waals surface area contributed by atoms with E-state index in [1.165, 1.54) is 4.90 Å². The van der Waals surface area contributed by atoms with Gasteiger partial charge in [-0.3, -0.25) is 19.2 Å². The molecule has 0 aliphatic carbocycles. The fraction of sp³-hybridized carbons (Fsp3) is 0.304. The number of hydrogen-bond acceptors (Lipinski definition) is 4. The van der Waals surface area contributed by atoms with Crippen molar-refractivity contribution in [3.8, 4) is 0 Å². The Labute approximate surface area is 175 Å². The van der Waals surface area contributed by atoms with Gasteiger partial charge in [0.25, 0.3) is 5.91 Å². The zero-order valence-electron chi connectivity index (χ0n) is 16.6. The first-order chi connectivity index (χ1) is 14.4. The minimum atomic E-state index is -1.63. The first kappa shape index (κ1) is 21.2. The molecule has 3 amide bonds. The fourth-order valence-electron chi connectivity index (χ4n) is 4.29. The highest BCUT2D eigenvalue weighted by Crippen LogP contribution is 2.39. The summed E-state index contributed by atoms with van der Waals surface area (Å²) in [5.74, 6) is -4.29. The molecule has 3 rings (SSSR count). The summed E-state index contributed by atoms with van der Waals surface area (Å²) in [5.41, 5.74) is 11.1. The van der Waals surface area contributed by atoms with Gasteiger partial charge in [0.2, 0.25) is 17.6 Å². The highest BCUT2D eigenvalue weighted by atomic mass is 16.2. The van der Waals surface area contributed by atoms with E-state index in [0.29, 0.717) is 6.42 Å². The molecule has 1 heterocycles. The number of carbonyl (C=O) groups is 4. The van der Waals surface area contributed by atoms with Gasteiger partial charge in [0.15, 0.2) is 0 Å². The van der Waals surface area contributed by atoms with E-state index < -0.39 is 29.1 Å². The van der Waals surface area contributed by atoms with Crippen molar-refractivity contribution in [1.29, 1.82) is 0 Å². The van der Waals surface area contributed by atoms with Crippen LogP contribution in [0.4, 0.5) is 0 Å². The summed E-state index contributed by atoms with van der Waals surface area (Å²) in [4.78, 5) is 52.1. The van der Waals surface area contributed by atoms with Gasteiger partial charge in [-0.15, -0.1) is 0 Å². The largest absolute Gasteiger partial charge is 0.368 e. The number of nitrogens with zero attached hydrogens (tertiary/aromatic N) is 1. The lowest BCUT2D eigenvalue weighted by atomic mass is 9.70. The number of piperidine rings is 1. The molecule has 7 heteroatoms. The maximum Gasteiger partial charge on any atom is 0.285 e. The number of likely N-dealkylation sites (tertiary alicyclic amines) is 1. The Bertz CT molecular complexity index is 945. The Balaban J connectivity index is 2.11. The fourth-order valence-corrected chi connectivity index (χ4v) is 4.29. The summed E-state index contributed by atoms with van der Waals surface area (Å²) in [6, 6.07) is 18.2. The van der Waals surface area contributed by atoms with Crippen LogP contribution in [0.3, 0.4) is 0 Å². The number of primary amides is 2. The number of rotatable bonds is 8. The molecule has 2 atom stereocenters. The first-order valence-corrected chi connectivity index (χ1v) is 9.88. The summed E-state index contributed by atoms with van der Waals surface area (Å²) >= 11 is 0. The number of ketones is 1. The summed E-state index contributed by atoms with van der Waals surface area (Å²) in [5, 5.41) is 0. The monoisotopic (exact) mass is 407 g/mol. The number of amides is 3. The van der Waals surface area contributed by atoms with Crippen molar-refractivity contribution >= 4 is 23.5 Å². The first-order valence-electron chi connectivity index (χ1n) is 9.88. The van der Waals surface area contributed by atoms with Gasteiger partial charge in [0.1, 0.15) is 5.54 Å². The Morgan fingerprint density at radius 1 is 0.933 bits per heavy atom. The van der Waals surface area contributed by atoms with Gasteiger partial charge >= 0.3 is 0 Å². The molecular formula is C23H25N3O4. The van der Waals surface area contributed by atoms with Crippen molar-refractivity contribution in [3.63, 3.8) is 0 Å². The van der Waals surface area contributed by atoms with Crippen LogP contribution in [0, 0.1) is 5.92 Å². The van der Waals surface area contributed by atoms with Crippen LogP contribution >= 0.6 is 0 Å². The van der Waals surface area contributed by atoms with E-state index >= 15 is 0 Å². The highest BCUT2D eigenvalue weighted by molar-refractivity contribution is 6.37. The average molecular weight is 407 g/mol. The maximum absolute atomic E-state index is 13.0. The van der Waals surface area contributed by atoms with Crippen molar-refractivity contribution in [2.45, 2.75) is 37.8 Å². The molecule has 1 fully saturated rings. The molecule has 2 aromatic rings. The van der Waals surface area contributed by atoms with Gasteiger partial charge in [0, 0.05) is 13.0 Å². The SMILES string of the molecule is NC(=O)C(=O)C(Cc1ccccc1)C1(C(N)=O)CCCC(=O)N1Cc1ccccc1. The predicted octanol–water partition coefficient (Wildman–Crippen LogP) is 1.34. The van der Waals surface area contributed by atoms with Crippen LogP contribution in [0.1, 0.15) is 30.4 Å². The molecule has 30 heavy (non-hydrogen) atoms. The smallest absolute Gasteiger partial charge is 0.285 e. The van der Waals surface area contributed by atoms with Crippen molar-refractivity contribution in [3.05, 3.63) is 71.8 Å². The lowest BCUT2D eigenvalue weighted by Gasteiger charge is -2.48. The van der Waals surface area contributed by atoms with Crippen LogP contribution in [0.25, 0.3) is 0 Å². The second-order valence-corrected chi connectivity index (χ2v) is 7.58. The molecular weight excluding hydrogens is 382 g/mol. The Kier molecular flexibility index (Phi) is 6.30. The van der Waals surface area contributed by atoms with Gasteiger partial charge in [-0.2, -0.15) is 0 Å². The van der Waals surface area contributed by atoms with Crippen LogP contribution in [0.2, 0.25) is 0 Å². The van der Waals surface area contributed by atoms with E-state index in [2.05, 4.69) is 0 Å². The Morgan fingerprint density at radius 2 is 1.50 bits per heavy atom. The zero-order chi connectivity index (χ0) is 21.7. The minimum Gasteiger partial charge on any atom is -0.368 e. The van der Waals surface area contributed by atoms with Gasteiger partial charge in [-0.25, -0.2) is 0 Å². The topological polar surface area (TPSA) is 124 Å². The molecule has 2 aromatic carbocycles. The van der Waals surface area contributed by atoms with E-state index in [1.54, 1.807) is 24.3 Å². The number of hydrogen-bond donors (Lipinski definition) is 2. The predicted molar refractivity (Wildman–Crippen MR) is 111 cm³/mol. The third-order valence-electron chi connectivity index (χ3n) is 5.76. The Hall–Kier alpha value is -3.48. The normalized spacial score (nSPS) is 19.9. The van der Waals surface area contributed by atoms with E-state index in [0.717, 1.165) is 11.1 Å². The van der Waals surface area contributed by atoms with Gasteiger partial charge in [0.05, 0.1) is 5.92 Å². The third kappa shape index (κ3) is 4.10. The van der Waals surface area contributed by atoms with E-state index in [-0.39, 0.29) is 31.7 Å². The van der Waals surface area contributed by atoms with Gasteiger partial charge in [-0.1, -0.05) is 60.7 Å². The summed E-state index contributed by atoms with van der Waals surface area (Å²) < 4.78 is 0. The van der Waals surface area contributed by atoms with Crippen LogP contribution in [0.15, 0.2) is 60.7 Å². The number of carbonyl (C=O) groups excluding carboxylic acids is 4. The average Bonchev–Trinajstić information content (AvgIpc) is 2.74. The van der Waals surface area contributed by atoms with Crippen molar-refractivity contribution in [2.24, 2.45) is 17.4 Å². The highest BCUT2D eigenvalue weighted by Gasteiger charge is 2.55. The second-order valence-electron chi connectivity index (χ2n) is 7.58. The molecule has 0 spiro atoms. The van der Waals surface area contributed by atoms with Crippen LogP contribution < -0.4 is 11.5 Å². The molecule has 7 nitrogen and oxygen atoms in total. The van der Waals surface area contributed by atoms with E-state index in [4.69, 9.17) is 11.5 Å². The molecule has 1 aliphatic rings. The standard InChI is InChI=1S/C23H25N3O4/c24-21(29)20(28)18(14-16-8-3-1-4-9-16)23(22(25)30)13-7-12-19(27)26(23)15-17-10-5-2-6-11-17/h1-6,8-11,18H,7,12-15H2,(H2,24,29)(H2,25,30). The molecule has 156 valence electrons. The molecule has 1 aliphatic heterocycles. The van der Waals surface area contributed by atoms with E-state index in [1.807, 2.05) is 36.4 Å². The molecule has 0 radical (unpaired) electrons. The molecule has 1 saturated heterocycles. The van der Waals surface area contributed by atoms with Crippen molar-refractivity contribution < 1.29 is 19.2 Å². The van der Waals surface area contributed by atoms with Crippen LogP contribution in [-0.2, 0) is 32.1 Å². The molecule has 0 bridgehead atoms. The van der Waals surface area contributed by atoms with Crippen LogP contribution in [-0.4, -0.2) is 33.9 Å².